The molecule has 0 spiro atoms. The Bertz CT molecular complexity index is 366. The van der Waals surface area contributed by atoms with E-state index in [-0.39, 0.29) is 5.82 Å². The van der Waals surface area contributed by atoms with Crippen molar-refractivity contribution in [3.8, 4) is 0 Å². The molecule has 4 heteroatoms. The van der Waals surface area contributed by atoms with Crippen LogP contribution in [0.3, 0.4) is 0 Å². The summed E-state index contributed by atoms with van der Waals surface area (Å²) in [5, 5.41) is 0. The highest BCUT2D eigenvalue weighted by atomic mass is 32.2. The molecule has 0 bridgehead atoms. The second-order valence-corrected chi connectivity index (χ2v) is 4.78. The summed E-state index contributed by atoms with van der Waals surface area (Å²) in [5.41, 5.74) is -0.0494. The molecule has 0 aliphatic carbocycles. The number of carbonyl (C=O) groups is 1. The van der Waals surface area contributed by atoms with Gasteiger partial charge in [0.15, 0.2) is 0 Å². The average Bonchev–Trinajstić information content (AvgIpc) is 2.20. The van der Waals surface area contributed by atoms with Crippen LogP contribution in [0.4, 0.5) is 4.39 Å². The Morgan fingerprint density at radius 1 is 1.47 bits per heavy atom. The molecule has 0 aliphatic heterocycles. The highest BCUT2D eigenvalue weighted by Crippen LogP contribution is 2.22. The van der Waals surface area contributed by atoms with E-state index in [0.29, 0.717) is 10.5 Å². The van der Waals surface area contributed by atoms with E-state index >= 15 is 0 Å². The molecule has 1 aromatic carbocycles. The highest BCUT2D eigenvalue weighted by Gasteiger charge is 2.16. The summed E-state index contributed by atoms with van der Waals surface area (Å²) < 4.78 is 16.4. The lowest BCUT2D eigenvalue weighted by Gasteiger charge is -2.18. The fourth-order valence-electron chi connectivity index (χ4n) is 0.910. The van der Waals surface area contributed by atoms with Gasteiger partial charge in [-0.2, -0.15) is 0 Å². The zero-order valence-corrected chi connectivity index (χ0v) is 9.82. The molecule has 15 heavy (non-hydrogen) atoms. The summed E-state index contributed by atoms with van der Waals surface area (Å²) in [5.74, 6) is -0.239. The second kappa shape index (κ2) is 4.77. The Balaban J connectivity index is 2.74. The topological polar surface area (TPSA) is 29.1 Å². The number of carbonyl (C=O) groups excluding carboxylic acids is 1. The first-order valence-electron chi connectivity index (χ1n) is 4.62. The molecule has 0 unspecified atom stereocenters. The summed E-state index contributed by atoms with van der Waals surface area (Å²) in [4.78, 5) is 11.1. The molecule has 0 fully saturated rings. The van der Waals surface area contributed by atoms with Crippen LogP contribution in [0.1, 0.15) is 19.4 Å². The van der Waals surface area contributed by atoms with Gasteiger partial charge in [0.1, 0.15) is 12.1 Å². The van der Waals surface area contributed by atoms with Crippen LogP contribution in [0.25, 0.3) is 0 Å². The van der Waals surface area contributed by atoms with E-state index in [9.17, 15) is 9.18 Å². The molecule has 0 aliphatic rings. The van der Waals surface area contributed by atoms with Gasteiger partial charge in [-0.15, -0.1) is 0 Å². The maximum absolute atomic E-state index is 13.5. The molecule has 82 valence electrons. The fourth-order valence-corrected chi connectivity index (χ4v) is 1.73. The zero-order valence-electron chi connectivity index (χ0n) is 9.00. The predicted octanol–water partition coefficient (Wildman–Crippen LogP) is 2.71. The molecule has 0 heterocycles. The van der Waals surface area contributed by atoms with Gasteiger partial charge in [-0.25, -0.2) is 9.11 Å². The Hall–Kier alpha value is -0.870. The molecule has 0 aromatic heterocycles. The van der Waals surface area contributed by atoms with Crippen LogP contribution in [0.2, 0.25) is 0 Å². The van der Waals surface area contributed by atoms with Crippen molar-refractivity contribution >= 4 is 18.2 Å². The summed E-state index contributed by atoms with van der Waals surface area (Å²) in [6.45, 7) is 5.19. The van der Waals surface area contributed by atoms with Crippen LogP contribution in [-0.4, -0.2) is 11.8 Å². The van der Waals surface area contributed by atoms with Crippen molar-refractivity contribution in [2.45, 2.75) is 31.2 Å². The van der Waals surface area contributed by atoms with Crippen molar-refractivity contribution in [1.29, 1.82) is 0 Å². The quantitative estimate of drug-likeness (QED) is 0.633. The molecular weight excluding hydrogens is 213 g/mol. The van der Waals surface area contributed by atoms with E-state index in [4.69, 9.17) is 0 Å². The number of benzene rings is 1. The van der Waals surface area contributed by atoms with E-state index in [2.05, 4.69) is 4.72 Å². The molecule has 1 aromatic rings. The number of nitrogens with one attached hydrogen (secondary N) is 1. The number of aryl methyl sites for hydroxylation is 1. The van der Waals surface area contributed by atoms with Crippen molar-refractivity contribution in [3.63, 3.8) is 0 Å². The van der Waals surface area contributed by atoms with Gasteiger partial charge in [0.05, 0.1) is 10.4 Å². The Morgan fingerprint density at radius 2 is 2.13 bits per heavy atom. The number of halogens is 1. The lowest BCUT2D eigenvalue weighted by molar-refractivity contribution is -0.111. The second-order valence-electron chi connectivity index (χ2n) is 3.93. The largest absolute Gasteiger partial charge is 0.301 e. The summed E-state index contributed by atoms with van der Waals surface area (Å²) in [6.07, 6.45) is 0.799. The maximum atomic E-state index is 13.5. The van der Waals surface area contributed by atoms with Crippen LogP contribution in [0, 0.1) is 12.7 Å². The average molecular weight is 227 g/mol. The summed E-state index contributed by atoms with van der Waals surface area (Å²) in [6, 6.07) is 5.18. The van der Waals surface area contributed by atoms with Crippen molar-refractivity contribution in [3.05, 3.63) is 29.6 Å². The van der Waals surface area contributed by atoms with E-state index < -0.39 is 5.54 Å². The van der Waals surface area contributed by atoms with Gasteiger partial charge in [0.25, 0.3) is 0 Å². The predicted molar refractivity (Wildman–Crippen MR) is 60.3 cm³/mol. The van der Waals surface area contributed by atoms with Crippen LogP contribution in [0.15, 0.2) is 23.1 Å². The van der Waals surface area contributed by atoms with E-state index in [1.807, 2.05) is 0 Å². The number of hydrogen-bond acceptors (Lipinski definition) is 3. The van der Waals surface area contributed by atoms with Gasteiger partial charge in [-0.3, -0.25) is 0 Å². The molecule has 0 saturated heterocycles. The minimum Gasteiger partial charge on any atom is -0.301 e. The van der Waals surface area contributed by atoms with E-state index in [1.54, 1.807) is 39.0 Å². The molecule has 0 radical (unpaired) electrons. The number of aldehydes is 1. The number of rotatable bonds is 4. The first-order valence-corrected chi connectivity index (χ1v) is 5.43. The normalized spacial score (nSPS) is 11.5. The van der Waals surface area contributed by atoms with Crippen molar-refractivity contribution in [1.82, 2.24) is 4.72 Å². The van der Waals surface area contributed by atoms with Gasteiger partial charge in [0.2, 0.25) is 0 Å². The molecule has 1 rings (SSSR count). The van der Waals surface area contributed by atoms with Crippen LogP contribution in [0.5, 0.6) is 0 Å². The third-order valence-electron chi connectivity index (χ3n) is 1.88. The molecular formula is C11H14FNOS. The summed E-state index contributed by atoms with van der Waals surface area (Å²) >= 11 is 1.14. The van der Waals surface area contributed by atoms with E-state index in [1.165, 1.54) is 0 Å². The van der Waals surface area contributed by atoms with Gasteiger partial charge < -0.3 is 4.79 Å². The molecule has 2 nitrogen and oxygen atoms in total. The third kappa shape index (κ3) is 3.32. The molecule has 1 N–H and O–H groups in total. The molecule has 0 atom stereocenters. The fraction of sp³-hybridized carbons (Fsp3) is 0.364. The Morgan fingerprint density at radius 3 is 2.73 bits per heavy atom. The highest BCUT2D eigenvalue weighted by molar-refractivity contribution is 7.97. The minimum absolute atomic E-state index is 0.239. The zero-order chi connectivity index (χ0) is 11.5. The van der Waals surface area contributed by atoms with Gasteiger partial charge in [-0.05, 0) is 44.3 Å². The Kier molecular flexibility index (Phi) is 3.88. The van der Waals surface area contributed by atoms with Crippen molar-refractivity contribution in [2.24, 2.45) is 0 Å². The Labute approximate surface area is 93.4 Å². The van der Waals surface area contributed by atoms with Crippen LogP contribution < -0.4 is 4.72 Å². The summed E-state index contributed by atoms with van der Waals surface area (Å²) in [7, 11) is 0. The smallest absolute Gasteiger partial charge is 0.140 e. The van der Waals surface area contributed by atoms with E-state index in [0.717, 1.165) is 18.2 Å². The van der Waals surface area contributed by atoms with Crippen molar-refractivity contribution in [2.75, 3.05) is 0 Å². The first kappa shape index (κ1) is 12.2. The standard InChI is InChI=1S/C11H14FNOS/c1-8-5-4-6-9(10(8)12)15-13-11(2,3)7-14/h4-7,13H,1-3H3. The SMILES string of the molecule is Cc1cccc(SNC(C)(C)C=O)c1F. The van der Waals surface area contributed by atoms with Gasteiger partial charge in [0, 0.05) is 0 Å². The van der Waals surface area contributed by atoms with Crippen molar-refractivity contribution < 1.29 is 9.18 Å². The number of hydrogen-bond donors (Lipinski definition) is 1. The lowest BCUT2D eigenvalue weighted by Crippen LogP contribution is -2.35. The maximum Gasteiger partial charge on any atom is 0.140 e. The van der Waals surface area contributed by atoms with Crippen LogP contribution in [-0.2, 0) is 4.79 Å². The van der Waals surface area contributed by atoms with Crippen LogP contribution >= 0.6 is 11.9 Å². The minimum atomic E-state index is -0.652. The monoisotopic (exact) mass is 227 g/mol. The molecule has 0 amide bonds. The third-order valence-corrected chi connectivity index (χ3v) is 3.04. The molecule has 0 saturated carbocycles. The van der Waals surface area contributed by atoms with Gasteiger partial charge in [-0.1, -0.05) is 12.1 Å². The lowest BCUT2D eigenvalue weighted by atomic mass is 10.1. The first-order chi connectivity index (χ1) is 6.96. The van der Waals surface area contributed by atoms with Gasteiger partial charge >= 0.3 is 0 Å².